The first-order valence-corrected chi connectivity index (χ1v) is 8.89. The van der Waals surface area contributed by atoms with Gasteiger partial charge in [-0.3, -0.25) is 4.72 Å². The lowest BCUT2D eigenvalue weighted by molar-refractivity contribution is -0.149. The molecule has 0 saturated heterocycles. The highest BCUT2D eigenvalue weighted by Gasteiger charge is 2.22. The number of para-hydroxylation sites is 1. The molecule has 26 heavy (non-hydrogen) atoms. The molecule has 0 unspecified atom stereocenters. The third-order valence-corrected chi connectivity index (χ3v) is 4.68. The lowest BCUT2D eigenvalue weighted by Gasteiger charge is -2.12. The van der Waals surface area contributed by atoms with Crippen LogP contribution in [0.5, 0.6) is 0 Å². The molecule has 2 aromatic carbocycles. The standard InChI is InChI=1S/C17H16FNO6S/c1-11(16(20)24-2)25-17(21)12-6-5-7-13(10-12)26(22,23)19-15-9-4-3-8-14(15)18/h3-11,19H,1-2H3/t11-/m1/s1. The van der Waals surface area contributed by atoms with Crippen molar-refractivity contribution in [3.8, 4) is 0 Å². The fraction of sp³-hybridized carbons (Fsp3) is 0.176. The average molecular weight is 381 g/mol. The SMILES string of the molecule is COC(=O)[C@@H](C)OC(=O)c1cccc(S(=O)(=O)Nc2ccccc2F)c1. The molecule has 7 nitrogen and oxygen atoms in total. The number of sulfonamides is 1. The molecule has 2 aromatic rings. The van der Waals surface area contributed by atoms with E-state index in [1.165, 1.54) is 43.3 Å². The van der Waals surface area contributed by atoms with E-state index >= 15 is 0 Å². The highest BCUT2D eigenvalue weighted by molar-refractivity contribution is 7.92. The maximum atomic E-state index is 13.7. The molecule has 0 amide bonds. The Morgan fingerprint density at radius 1 is 1.12 bits per heavy atom. The predicted octanol–water partition coefficient (Wildman–Crippen LogP) is 2.34. The lowest BCUT2D eigenvalue weighted by atomic mass is 10.2. The van der Waals surface area contributed by atoms with E-state index < -0.39 is 33.9 Å². The number of carbonyl (C=O) groups excluding carboxylic acids is 2. The third kappa shape index (κ3) is 4.57. The quantitative estimate of drug-likeness (QED) is 0.771. The predicted molar refractivity (Wildman–Crippen MR) is 90.5 cm³/mol. The van der Waals surface area contributed by atoms with Crippen molar-refractivity contribution in [3.63, 3.8) is 0 Å². The molecule has 0 spiro atoms. The zero-order valence-corrected chi connectivity index (χ0v) is 14.7. The second kappa shape index (κ2) is 7.96. The van der Waals surface area contributed by atoms with E-state index in [0.717, 1.165) is 19.2 Å². The molecule has 0 bridgehead atoms. The third-order valence-electron chi connectivity index (χ3n) is 3.32. The fourth-order valence-corrected chi connectivity index (χ4v) is 3.09. The van der Waals surface area contributed by atoms with Crippen LogP contribution in [0.15, 0.2) is 53.4 Å². The number of halogens is 1. The summed E-state index contributed by atoms with van der Waals surface area (Å²) in [5.41, 5.74) is -0.308. The van der Waals surface area contributed by atoms with Crippen molar-refractivity contribution in [1.29, 1.82) is 0 Å². The first kappa shape index (κ1) is 19.4. The summed E-state index contributed by atoms with van der Waals surface area (Å²) in [6.45, 7) is 1.32. The molecule has 0 aliphatic carbocycles. The van der Waals surface area contributed by atoms with Crippen LogP contribution in [0.1, 0.15) is 17.3 Å². The molecule has 0 aliphatic rings. The Bertz CT molecular complexity index is 928. The Hall–Kier alpha value is -2.94. The van der Waals surface area contributed by atoms with Gasteiger partial charge in [-0.1, -0.05) is 18.2 Å². The first-order chi connectivity index (χ1) is 12.2. The summed E-state index contributed by atoms with van der Waals surface area (Å²) in [5.74, 6) is -2.38. The zero-order chi connectivity index (χ0) is 19.3. The Labute approximate surface area is 149 Å². The normalized spacial score (nSPS) is 12.1. The second-order valence-corrected chi connectivity index (χ2v) is 6.87. The minimum atomic E-state index is -4.13. The minimum absolute atomic E-state index is 0.0860. The van der Waals surface area contributed by atoms with Gasteiger partial charge in [-0.25, -0.2) is 22.4 Å². The van der Waals surface area contributed by atoms with Crippen molar-refractivity contribution < 1.29 is 31.9 Å². The largest absolute Gasteiger partial charge is 0.466 e. The van der Waals surface area contributed by atoms with Crippen molar-refractivity contribution in [3.05, 3.63) is 59.9 Å². The number of rotatable bonds is 6. The van der Waals surface area contributed by atoms with Crippen molar-refractivity contribution in [2.75, 3.05) is 11.8 Å². The number of esters is 2. The topological polar surface area (TPSA) is 98.8 Å². The molecule has 0 radical (unpaired) electrons. The number of hydrogen-bond donors (Lipinski definition) is 1. The van der Waals surface area contributed by atoms with Crippen LogP contribution in [0.3, 0.4) is 0 Å². The number of nitrogens with one attached hydrogen (secondary N) is 1. The van der Waals surface area contributed by atoms with Crippen LogP contribution in [0, 0.1) is 5.82 Å². The van der Waals surface area contributed by atoms with E-state index in [4.69, 9.17) is 4.74 Å². The summed E-state index contributed by atoms with van der Waals surface area (Å²) >= 11 is 0. The van der Waals surface area contributed by atoms with Crippen LogP contribution in [0.25, 0.3) is 0 Å². The molecule has 2 rings (SSSR count). The van der Waals surface area contributed by atoms with Crippen LogP contribution in [-0.4, -0.2) is 33.6 Å². The van der Waals surface area contributed by atoms with Gasteiger partial charge in [0.25, 0.3) is 10.0 Å². The molecular weight excluding hydrogens is 365 g/mol. The number of hydrogen-bond acceptors (Lipinski definition) is 6. The van der Waals surface area contributed by atoms with E-state index in [9.17, 15) is 22.4 Å². The van der Waals surface area contributed by atoms with Gasteiger partial charge in [-0.05, 0) is 37.3 Å². The summed E-state index contributed by atoms with van der Waals surface area (Å²) in [6, 6.07) is 10.2. The van der Waals surface area contributed by atoms with Gasteiger partial charge in [0.05, 0.1) is 23.3 Å². The molecule has 0 saturated carbocycles. The van der Waals surface area contributed by atoms with Gasteiger partial charge in [-0.15, -0.1) is 0 Å². The maximum Gasteiger partial charge on any atom is 0.346 e. The molecule has 0 aromatic heterocycles. The molecule has 1 N–H and O–H groups in total. The van der Waals surface area contributed by atoms with Crippen LogP contribution in [0.4, 0.5) is 10.1 Å². The Kier molecular flexibility index (Phi) is 5.93. The fourth-order valence-electron chi connectivity index (χ4n) is 1.98. The molecular formula is C17H16FNO6S. The Morgan fingerprint density at radius 2 is 1.81 bits per heavy atom. The van der Waals surface area contributed by atoms with Gasteiger partial charge in [0, 0.05) is 0 Å². The highest BCUT2D eigenvalue weighted by Crippen LogP contribution is 2.20. The van der Waals surface area contributed by atoms with Gasteiger partial charge in [0.15, 0.2) is 6.10 Å². The molecule has 0 aliphatic heterocycles. The zero-order valence-electron chi connectivity index (χ0n) is 13.9. The number of benzene rings is 2. The molecule has 138 valence electrons. The van der Waals surface area contributed by atoms with Gasteiger partial charge < -0.3 is 9.47 Å². The molecule has 9 heteroatoms. The highest BCUT2D eigenvalue weighted by atomic mass is 32.2. The Balaban J connectivity index is 2.24. The number of methoxy groups -OCH3 is 1. The van der Waals surface area contributed by atoms with Gasteiger partial charge in [0.2, 0.25) is 0 Å². The molecule has 0 heterocycles. The summed E-state index contributed by atoms with van der Waals surface area (Å²) in [5, 5.41) is 0. The minimum Gasteiger partial charge on any atom is -0.466 e. The van der Waals surface area contributed by atoms with E-state index in [-0.39, 0.29) is 16.1 Å². The van der Waals surface area contributed by atoms with Crippen LogP contribution in [-0.2, 0) is 24.3 Å². The molecule has 0 fully saturated rings. The van der Waals surface area contributed by atoms with E-state index in [1.807, 2.05) is 0 Å². The van der Waals surface area contributed by atoms with E-state index in [2.05, 4.69) is 9.46 Å². The van der Waals surface area contributed by atoms with Crippen molar-refractivity contribution >= 4 is 27.6 Å². The first-order valence-electron chi connectivity index (χ1n) is 7.41. The number of ether oxygens (including phenoxy) is 2. The van der Waals surface area contributed by atoms with Crippen LogP contribution >= 0.6 is 0 Å². The number of anilines is 1. The smallest absolute Gasteiger partial charge is 0.346 e. The summed E-state index contributed by atoms with van der Waals surface area (Å²) in [7, 11) is -2.98. The molecule has 1 atom stereocenters. The average Bonchev–Trinajstić information content (AvgIpc) is 2.62. The van der Waals surface area contributed by atoms with E-state index in [0.29, 0.717) is 0 Å². The summed E-state index contributed by atoms with van der Waals surface area (Å²) < 4.78 is 49.9. The second-order valence-electron chi connectivity index (χ2n) is 5.18. The van der Waals surface area contributed by atoms with E-state index in [1.54, 1.807) is 0 Å². The maximum absolute atomic E-state index is 13.7. The Morgan fingerprint density at radius 3 is 2.46 bits per heavy atom. The summed E-state index contributed by atoms with van der Waals surface area (Å²) in [6.07, 6.45) is -1.15. The monoisotopic (exact) mass is 381 g/mol. The van der Waals surface area contributed by atoms with Crippen molar-refractivity contribution in [2.24, 2.45) is 0 Å². The summed E-state index contributed by atoms with van der Waals surface area (Å²) in [4.78, 5) is 23.1. The van der Waals surface area contributed by atoms with Gasteiger partial charge in [0.1, 0.15) is 5.82 Å². The van der Waals surface area contributed by atoms with Crippen LogP contribution < -0.4 is 4.72 Å². The van der Waals surface area contributed by atoms with Gasteiger partial charge in [-0.2, -0.15) is 0 Å². The van der Waals surface area contributed by atoms with Crippen molar-refractivity contribution in [2.45, 2.75) is 17.9 Å². The number of carbonyl (C=O) groups is 2. The van der Waals surface area contributed by atoms with Crippen LogP contribution in [0.2, 0.25) is 0 Å². The van der Waals surface area contributed by atoms with Gasteiger partial charge >= 0.3 is 11.9 Å². The lowest BCUT2D eigenvalue weighted by Crippen LogP contribution is -2.25. The van der Waals surface area contributed by atoms with Crippen molar-refractivity contribution in [1.82, 2.24) is 0 Å².